The molecule has 1 amide bonds. The highest BCUT2D eigenvalue weighted by Crippen LogP contribution is 2.35. The number of rotatable bonds is 4. The van der Waals surface area contributed by atoms with E-state index in [1.807, 2.05) is 18.9 Å². The highest BCUT2D eigenvalue weighted by Gasteiger charge is 2.25. The summed E-state index contributed by atoms with van der Waals surface area (Å²) in [5, 5.41) is 0. The van der Waals surface area contributed by atoms with Crippen LogP contribution in [-0.2, 0) is 17.8 Å². The Bertz CT molecular complexity index is 703. The van der Waals surface area contributed by atoms with Gasteiger partial charge in [-0.2, -0.15) is 0 Å². The van der Waals surface area contributed by atoms with Gasteiger partial charge in [-0.3, -0.25) is 9.78 Å². The monoisotopic (exact) mass is 308 g/mol. The summed E-state index contributed by atoms with van der Waals surface area (Å²) in [6.07, 6.45) is 2.77. The normalized spacial score (nSPS) is 16.2. The van der Waals surface area contributed by atoms with Crippen LogP contribution in [0.15, 0.2) is 36.4 Å². The Morgan fingerprint density at radius 3 is 2.83 bits per heavy atom. The van der Waals surface area contributed by atoms with Crippen molar-refractivity contribution >= 4 is 5.91 Å². The highest BCUT2D eigenvalue weighted by atomic mass is 16.2. The fraction of sp³-hybridized carbons (Fsp3) is 0.400. The highest BCUT2D eigenvalue weighted by molar-refractivity contribution is 5.77. The molecule has 0 bridgehead atoms. The minimum absolute atomic E-state index is 0.202. The number of carbonyl (C=O) groups excluding carboxylic acids is 1. The number of fused-ring (bicyclic) bond motifs is 1. The van der Waals surface area contributed by atoms with Crippen LogP contribution in [-0.4, -0.2) is 22.8 Å². The van der Waals surface area contributed by atoms with Gasteiger partial charge in [-0.1, -0.05) is 24.3 Å². The molecule has 2 aromatic rings. The molecule has 0 N–H and O–H groups in total. The van der Waals surface area contributed by atoms with E-state index in [0.717, 1.165) is 24.2 Å². The van der Waals surface area contributed by atoms with Crippen LogP contribution in [0.2, 0.25) is 0 Å². The molecule has 1 heterocycles. The van der Waals surface area contributed by atoms with E-state index in [0.29, 0.717) is 18.9 Å². The smallest absolute Gasteiger partial charge is 0.223 e. The van der Waals surface area contributed by atoms with Crippen LogP contribution in [0.1, 0.15) is 46.8 Å². The molecule has 0 saturated carbocycles. The average Bonchev–Trinajstić information content (AvgIpc) is 2.89. The van der Waals surface area contributed by atoms with E-state index >= 15 is 0 Å². The number of benzene rings is 1. The van der Waals surface area contributed by atoms with Gasteiger partial charge in [0.15, 0.2) is 0 Å². The molecule has 120 valence electrons. The molecule has 3 heteroatoms. The van der Waals surface area contributed by atoms with Crippen LogP contribution in [0.3, 0.4) is 0 Å². The first-order chi connectivity index (χ1) is 11.0. The van der Waals surface area contributed by atoms with E-state index in [1.165, 1.54) is 16.7 Å². The van der Waals surface area contributed by atoms with E-state index in [2.05, 4.69) is 48.3 Å². The summed E-state index contributed by atoms with van der Waals surface area (Å²) < 4.78 is 0. The second-order valence-electron chi connectivity index (χ2n) is 6.67. The van der Waals surface area contributed by atoms with Crippen LogP contribution >= 0.6 is 0 Å². The molecule has 3 nitrogen and oxygen atoms in total. The maximum atomic E-state index is 12.6. The van der Waals surface area contributed by atoms with Gasteiger partial charge < -0.3 is 4.90 Å². The number of aryl methyl sites for hydroxylation is 3. The fourth-order valence-corrected chi connectivity index (χ4v) is 3.56. The second kappa shape index (κ2) is 6.53. The molecular weight excluding hydrogens is 284 g/mol. The van der Waals surface area contributed by atoms with Crippen molar-refractivity contribution in [2.75, 3.05) is 7.05 Å². The number of pyridine rings is 1. The van der Waals surface area contributed by atoms with Crippen molar-refractivity contribution in [1.82, 2.24) is 9.88 Å². The van der Waals surface area contributed by atoms with Crippen molar-refractivity contribution in [3.63, 3.8) is 0 Å². The topological polar surface area (TPSA) is 33.2 Å². The van der Waals surface area contributed by atoms with Gasteiger partial charge in [0.25, 0.3) is 0 Å². The lowest BCUT2D eigenvalue weighted by Crippen LogP contribution is -2.27. The van der Waals surface area contributed by atoms with Crippen molar-refractivity contribution in [3.05, 3.63) is 64.5 Å². The Labute approximate surface area is 138 Å². The Hall–Kier alpha value is -2.16. The van der Waals surface area contributed by atoms with E-state index in [9.17, 15) is 4.79 Å². The zero-order valence-electron chi connectivity index (χ0n) is 14.2. The average molecular weight is 308 g/mol. The van der Waals surface area contributed by atoms with E-state index in [-0.39, 0.29) is 5.91 Å². The van der Waals surface area contributed by atoms with Gasteiger partial charge in [0.2, 0.25) is 5.91 Å². The first-order valence-corrected chi connectivity index (χ1v) is 8.29. The van der Waals surface area contributed by atoms with Crippen LogP contribution in [0.5, 0.6) is 0 Å². The molecule has 3 rings (SSSR count). The van der Waals surface area contributed by atoms with E-state index in [1.54, 1.807) is 0 Å². The second-order valence-corrected chi connectivity index (χ2v) is 6.67. The summed E-state index contributed by atoms with van der Waals surface area (Å²) in [6.45, 7) is 4.64. The molecule has 1 aromatic heterocycles. The summed E-state index contributed by atoms with van der Waals surface area (Å²) >= 11 is 0. The third-order valence-electron chi connectivity index (χ3n) is 4.65. The van der Waals surface area contributed by atoms with Crippen LogP contribution in [0.25, 0.3) is 0 Å². The minimum Gasteiger partial charge on any atom is -0.340 e. The van der Waals surface area contributed by atoms with Crippen LogP contribution in [0.4, 0.5) is 0 Å². The molecule has 1 aliphatic carbocycles. The van der Waals surface area contributed by atoms with Gasteiger partial charge in [0.1, 0.15) is 0 Å². The maximum Gasteiger partial charge on any atom is 0.223 e. The maximum absolute atomic E-state index is 12.6. The molecule has 1 aromatic carbocycles. The lowest BCUT2D eigenvalue weighted by atomic mass is 9.97. The molecule has 0 saturated heterocycles. The predicted octanol–water partition coefficient (Wildman–Crippen LogP) is 3.78. The summed E-state index contributed by atoms with van der Waals surface area (Å²) in [4.78, 5) is 18.9. The third kappa shape index (κ3) is 3.61. The SMILES string of the molecule is Cc1cc(C)nc(CN(C)C(=O)C[C@H]2CCc3ccccc32)c1. The Kier molecular flexibility index (Phi) is 4.46. The van der Waals surface area contributed by atoms with Gasteiger partial charge in [0, 0.05) is 19.2 Å². The fourth-order valence-electron chi connectivity index (χ4n) is 3.56. The number of amides is 1. The van der Waals surface area contributed by atoms with Crippen molar-refractivity contribution in [1.29, 1.82) is 0 Å². The van der Waals surface area contributed by atoms with Gasteiger partial charge in [-0.05, 0) is 61.4 Å². The molecule has 0 radical (unpaired) electrons. The Morgan fingerprint density at radius 2 is 2.04 bits per heavy atom. The standard InChI is InChI=1S/C20H24N2O/c1-14-10-15(2)21-18(11-14)13-22(3)20(23)12-17-9-8-16-6-4-5-7-19(16)17/h4-7,10-11,17H,8-9,12-13H2,1-3H3/t17-/m1/s1. The first kappa shape index (κ1) is 15.7. The predicted molar refractivity (Wildman–Crippen MR) is 92.3 cm³/mol. The minimum atomic E-state index is 0.202. The third-order valence-corrected chi connectivity index (χ3v) is 4.65. The number of hydrogen-bond donors (Lipinski definition) is 0. The quantitative estimate of drug-likeness (QED) is 0.861. The Balaban J connectivity index is 1.64. The summed E-state index contributed by atoms with van der Waals surface area (Å²) in [7, 11) is 1.88. The van der Waals surface area contributed by atoms with Crippen molar-refractivity contribution in [2.45, 2.75) is 45.6 Å². The summed E-state index contributed by atoms with van der Waals surface area (Å²) in [6, 6.07) is 12.6. The molecule has 0 aliphatic heterocycles. The number of nitrogens with zero attached hydrogens (tertiary/aromatic N) is 2. The summed E-state index contributed by atoms with van der Waals surface area (Å²) in [5.41, 5.74) is 5.93. The van der Waals surface area contributed by atoms with Crippen LogP contribution in [0, 0.1) is 13.8 Å². The first-order valence-electron chi connectivity index (χ1n) is 8.29. The largest absolute Gasteiger partial charge is 0.340 e. The van der Waals surface area contributed by atoms with Gasteiger partial charge in [0.05, 0.1) is 12.2 Å². The molecule has 23 heavy (non-hydrogen) atoms. The summed E-state index contributed by atoms with van der Waals surface area (Å²) in [5.74, 6) is 0.570. The lowest BCUT2D eigenvalue weighted by Gasteiger charge is -2.20. The van der Waals surface area contributed by atoms with Crippen molar-refractivity contribution in [2.24, 2.45) is 0 Å². The van der Waals surface area contributed by atoms with Crippen LogP contribution < -0.4 is 0 Å². The molecule has 0 unspecified atom stereocenters. The molecule has 0 fully saturated rings. The zero-order chi connectivity index (χ0) is 16.4. The van der Waals surface area contributed by atoms with Crippen molar-refractivity contribution < 1.29 is 4.79 Å². The number of carbonyl (C=O) groups is 1. The lowest BCUT2D eigenvalue weighted by molar-refractivity contribution is -0.130. The van der Waals surface area contributed by atoms with Gasteiger partial charge >= 0.3 is 0 Å². The van der Waals surface area contributed by atoms with E-state index < -0.39 is 0 Å². The van der Waals surface area contributed by atoms with E-state index in [4.69, 9.17) is 0 Å². The number of aromatic nitrogens is 1. The zero-order valence-corrected chi connectivity index (χ0v) is 14.2. The molecular formula is C20H24N2O. The molecule has 1 atom stereocenters. The molecule has 0 spiro atoms. The van der Waals surface area contributed by atoms with Gasteiger partial charge in [-0.25, -0.2) is 0 Å². The van der Waals surface area contributed by atoms with Crippen molar-refractivity contribution in [3.8, 4) is 0 Å². The number of hydrogen-bond acceptors (Lipinski definition) is 2. The Morgan fingerprint density at radius 1 is 1.26 bits per heavy atom. The van der Waals surface area contributed by atoms with Gasteiger partial charge in [-0.15, -0.1) is 0 Å². The molecule has 1 aliphatic rings.